The summed E-state index contributed by atoms with van der Waals surface area (Å²) in [5, 5.41) is 6.25. The van der Waals surface area contributed by atoms with Gasteiger partial charge in [-0.25, -0.2) is 0 Å². The number of nitrogens with one attached hydrogen (secondary N) is 2. The van der Waals surface area contributed by atoms with E-state index in [-0.39, 0.29) is 30.3 Å². The predicted molar refractivity (Wildman–Crippen MR) is 80.9 cm³/mol. The summed E-state index contributed by atoms with van der Waals surface area (Å²) in [6.45, 7) is 5.21. The van der Waals surface area contributed by atoms with Crippen LogP contribution in [0.25, 0.3) is 0 Å². The summed E-state index contributed by atoms with van der Waals surface area (Å²) in [6.07, 6.45) is 4.81. The van der Waals surface area contributed by atoms with Crippen molar-refractivity contribution in [2.45, 2.75) is 45.1 Å². The molecule has 2 aliphatic heterocycles. The van der Waals surface area contributed by atoms with Gasteiger partial charge in [-0.3, -0.25) is 9.59 Å². The molecule has 6 heteroatoms. The van der Waals surface area contributed by atoms with Gasteiger partial charge in [-0.05, 0) is 44.7 Å². The molecule has 2 atom stereocenters. The molecule has 0 aromatic heterocycles. The first-order valence-electron chi connectivity index (χ1n) is 7.40. The third kappa shape index (κ3) is 5.29. The summed E-state index contributed by atoms with van der Waals surface area (Å²) < 4.78 is 0. The minimum atomic E-state index is -0.00340. The number of piperidine rings is 1. The molecule has 2 N–H and O–H groups in total. The van der Waals surface area contributed by atoms with E-state index >= 15 is 0 Å². The Morgan fingerprint density at radius 2 is 2.15 bits per heavy atom. The maximum Gasteiger partial charge on any atom is 0.222 e. The molecule has 0 aromatic carbocycles. The third-order valence-electron chi connectivity index (χ3n) is 4.11. The molecule has 0 bridgehead atoms. The van der Waals surface area contributed by atoms with Crippen molar-refractivity contribution in [3.05, 3.63) is 0 Å². The highest BCUT2D eigenvalue weighted by atomic mass is 35.5. The van der Waals surface area contributed by atoms with Crippen molar-refractivity contribution in [3.63, 3.8) is 0 Å². The molecule has 2 rings (SSSR count). The van der Waals surface area contributed by atoms with E-state index in [1.165, 1.54) is 13.3 Å². The Morgan fingerprint density at radius 3 is 2.80 bits per heavy atom. The van der Waals surface area contributed by atoms with E-state index in [9.17, 15) is 9.59 Å². The van der Waals surface area contributed by atoms with Crippen LogP contribution in [0.2, 0.25) is 0 Å². The largest absolute Gasteiger partial charge is 0.352 e. The van der Waals surface area contributed by atoms with Gasteiger partial charge < -0.3 is 15.5 Å². The van der Waals surface area contributed by atoms with Crippen molar-refractivity contribution < 1.29 is 9.59 Å². The molecule has 2 fully saturated rings. The van der Waals surface area contributed by atoms with Crippen LogP contribution in [0.4, 0.5) is 0 Å². The molecule has 0 aliphatic carbocycles. The van der Waals surface area contributed by atoms with E-state index < -0.39 is 0 Å². The van der Waals surface area contributed by atoms with Gasteiger partial charge in [-0.2, -0.15) is 0 Å². The van der Waals surface area contributed by atoms with E-state index in [1.54, 1.807) is 0 Å². The number of likely N-dealkylation sites (tertiary alicyclic amines) is 1. The number of amides is 2. The van der Waals surface area contributed by atoms with E-state index in [1.807, 2.05) is 4.90 Å². The molecule has 0 spiro atoms. The quantitative estimate of drug-likeness (QED) is 0.812. The summed E-state index contributed by atoms with van der Waals surface area (Å²) in [4.78, 5) is 25.2. The van der Waals surface area contributed by atoms with Gasteiger partial charge in [0.25, 0.3) is 0 Å². The van der Waals surface area contributed by atoms with Gasteiger partial charge in [0.2, 0.25) is 11.8 Å². The molecule has 2 heterocycles. The number of rotatable bonds is 4. The third-order valence-corrected chi connectivity index (χ3v) is 4.11. The summed E-state index contributed by atoms with van der Waals surface area (Å²) >= 11 is 0. The Kier molecular flexibility index (Phi) is 7.30. The van der Waals surface area contributed by atoms with Gasteiger partial charge in [-0.15, -0.1) is 12.4 Å². The molecule has 2 saturated heterocycles. The van der Waals surface area contributed by atoms with Crippen LogP contribution >= 0.6 is 12.4 Å². The van der Waals surface area contributed by atoms with Crippen molar-refractivity contribution in [2.75, 3.05) is 26.2 Å². The van der Waals surface area contributed by atoms with E-state index in [0.29, 0.717) is 18.9 Å². The van der Waals surface area contributed by atoms with Crippen LogP contribution < -0.4 is 10.6 Å². The lowest BCUT2D eigenvalue weighted by Gasteiger charge is -2.33. The first kappa shape index (κ1) is 17.2. The zero-order valence-electron chi connectivity index (χ0n) is 12.2. The first-order valence-corrected chi connectivity index (χ1v) is 7.40. The maximum absolute atomic E-state index is 12.2. The van der Waals surface area contributed by atoms with Crippen LogP contribution in [0.3, 0.4) is 0 Å². The molecule has 0 saturated carbocycles. The Bertz CT molecular complexity index is 332. The molecular weight excluding hydrogens is 278 g/mol. The highest BCUT2D eigenvalue weighted by molar-refractivity contribution is 5.85. The predicted octanol–water partition coefficient (Wildman–Crippen LogP) is 0.925. The summed E-state index contributed by atoms with van der Waals surface area (Å²) in [5.41, 5.74) is 0. The number of nitrogens with zero attached hydrogens (tertiary/aromatic N) is 1. The monoisotopic (exact) mass is 303 g/mol. The van der Waals surface area contributed by atoms with E-state index in [0.717, 1.165) is 38.9 Å². The minimum Gasteiger partial charge on any atom is -0.352 e. The fourth-order valence-electron chi connectivity index (χ4n) is 3.06. The van der Waals surface area contributed by atoms with E-state index in [4.69, 9.17) is 0 Å². The number of halogens is 1. The summed E-state index contributed by atoms with van der Waals surface area (Å²) in [7, 11) is 0. The Labute approximate surface area is 127 Å². The normalized spacial score (nSPS) is 25.9. The fourth-order valence-corrected chi connectivity index (χ4v) is 3.06. The maximum atomic E-state index is 12.2. The highest BCUT2D eigenvalue weighted by Crippen LogP contribution is 2.17. The minimum absolute atomic E-state index is 0. The second-order valence-electron chi connectivity index (χ2n) is 5.78. The van der Waals surface area contributed by atoms with Crippen LogP contribution in [-0.2, 0) is 9.59 Å². The molecular formula is C14H26ClN3O2. The summed E-state index contributed by atoms with van der Waals surface area (Å²) in [6, 6.07) is 0.142. The number of carbonyl (C=O) groups is 2. The lowest BCUT2D eigenvalue weighted by molar-refractivity contribution is -0.133. The van der Waals surface area contributed by atoms with Crippen molar-refractivity contribution in [1.29, 1.82) is 0 Å². The van der Waals surface area contributed by atoms with Gasteiger partial charge >= 0.3 is 0 Å². The van der Waals surface area contributed by atoms with Crippen LogP contribution in [-0.4, -0.2) is 48.9 Å². The lowest BCUT2D eigenvalue weighted by atomic mass is 10.0. The molecule has 0 radical (unpaired) electrons. The van der Waals surface area contributed by atoms with Gasteiger partial charge in [0.1, 0.15) is 0 Å². The van der Waals surface area contributed by atoms with Crippen LogP contribution in [0.5, 0.6) is 0 Å². The van der Waals surface area contributed by atoms with Crippen LogP contribution in [0, 0.1) is 5.92 Å². The molecule has 2 aliphatic rings. The average molecular weight is 304 g/mol. The molecule has 2 unspecified atom stereocenters. The van der Waals surface area contributed by atoms with Crippen molar-refractivity contribution >= 4 is 24.2 Å². The molecule has 116 valence electrons. The SMILES string of the molecule is CC(=O)NC1CCCN(C(=O)CCC2CCNC2)C1.Cl. The zero-order valence-corrected chi connectivity index (χ0v) is 13.0. The first-order chi connectivity index (χ1) is 9.15. The fraction of sp³-hybridized carbons (Fsp3) is 0.857. The Hall–Kier alpha value is -0.810. The molecule has 2 amide bonds. The summed E-state index contributed by atoms with van der Waals surface area (Å²) in [5.74, 6) is 0.915. The highest BCUT2D eigenvalue weighted by Gasteiger charge is 2.24. The molecule has 0 aromatic rings. The molecule has 20 heavy (non-hydrogen) atoms. The zero-order chi connectivity index (χ0) is 13.7. The Balaban J connectivity index is 0.00000200. The number of carbonyl (C=O) groups excluding carboxylic acids is 2. The van der Waals surface area contributed by atoms with Crippen LogP contribution in [0.1, 0.15) is 39.0 Å². The standard InChI is InChI=1S/C14H25N3O2.ClH/c1-11(18)16-13-3-2-8-17(10-13)14(19)5-4-12-6-7-15-9-12;/h12-13,15H,2-10H2,1H3,(H,16,18);1H. The van der Waals surface area contributed by atoms with Gasteiger partial charge in [0.05, 0.1) is 0 Å². The second-order valence-corrected chi connectivity index (χ2v) is 5.78. The van der Waals surface area contributed by atoms with Gasteiger partial charge in [0, 0.05) is 32.5 Å². The molecule has 5 nitrogen and oxygen atoms in total. The number of hydrogen-bond acceptors (Lipinski definition) is 3. The number of hydrogen-bond donors (Lipinski definition) is 2. The topological polar surface area (TPSA) is 61.4 Å². The van der Waals surface area contributed by atoms with E-state index in [2.05, 4.69) is 10.6 Å². The van der Waals surface area contributed by atoms with Crippen LogP contribution in [0.15, 0.2) is 0 Å². The van der Waals surface area contributed by atoms with Gasteiger partial charge in [0.15, 0.2) is 0 Å². The van der Waals surface area contributed by atoms with Crippen molar-refractivity contribution in [2.24, 2.45) is 5.92 Å². The van der Waals surface area contributed by atoms with Gasteiger partial charge in [-0.1, -0.05) is 0 Å². The Morgan fingerprint density at radius 1 is 1.35 bits per heavy atom. The lowest BCUT2D eigenvalue weighted by Crippen LogP contribution is -2.49. The van der Waals surface area contributed by atoms with Crippen molar-refractivity contribution in [3.8, 4) is 0 Å². The van der Waals surface area contributed by atoms with Crippen molar-refractivity contribution in [1.82, 2.24) is 15.5 Å². The second kappa shape index (κ2) is 8.47. The average Bonchev–Trinajstić information content (AvgIpc) is 2.88. The smallest absolute Gasteiger partial charge is 0.222 e.